The second-order valence-corrected chi connectivity index (χ2v) is 3.60. The Morgan fingerprint density at radius 1 is 1.60 bits per heavy atom. The molecule has 0 bridgehead atoms. The van der Waals surface area contributed by atoms with Gasteiger partial charge in [-0.25, -0.2) is 0 Å². The van der Waals surface area contributed by atoms with Crippen molar-refractivity contribution in [2.45, 2.75) is 12.8 Å². The second-order valence-electron chi connectivity index (χ2n) is 2.43. The van der Waals surface area contributed by atoms with Crippen LogP contribution in [0, 0.1) is 5.92 Å². The van der Waals surface area contributed by atoms with Gasteiger partial charge < -0.3 is 0 Å². The van der Waals surface area contributed by atoms with Crippen molar-refractivity contribution < 1.29 is 0 Å². The Balaban J connectivity index is 0.000000500. The van der Waals surface area contributed by atoms with Gasteiger partial charge in [-0.15, -0.1) is 24.2 Å². The second kappa shape index (κ2) is 3.44. The minimum Gasteiger partial charge on any atom is -0.268 e. The maximum atomic E-state index is 4.11. The number of nitrogens with zero attached hydrogens (tertiary/aromatic N) is 1. The summed E-state index contributed by atoms with van der Waals surface area (Å²) < 4.78 is 0. The lowest BCUT2D eigenvalue weighted by molar-refractivity contribution is 0.668. The van der Waals surface area contributed by atoms with E-state index in [1.807, 2.05) is 24.2 Å². The number of thioether (sulfide) groups is 1. The van der Waals surface area contributed by atoms with Crippen molar-refractivity contribution in [3.05, 3.63) is 11.1 Å². The SMILES string of the molecule is C1=NC=C2SCCC2C1.Cl. The molecule has 1 saturated heterocycles. The number of allylic oxidation sites excluding steroid dienone is 1. The summed E-state index contributed by atoms with van der Waals surface area (Å²) in [5, 5.41) is 0. The topological polar surface area (TPSA) is 12.4 Å². The van der Waals surface area contributed by atoms with Crippen LogP contribution in [0.3, 0.4) is 0 Å². The lowest BCUT2D eigenvalue weighted by Gasteiger charge is -2.08. The van der Waals surface area contributed by atoms with Crippen LogP contribution in [0.1, 0.15) is 12.8 Å². The zero-order chi connectivity index (χ0) is 6.10. The Bertz CT molecular complexity index is 176. The normalized spacial score (nSPS) is 28.8. The van der Waals surface area contributed by atoms with Gasteiger partial charge in [0.05, 0.1) is 0 Å². The third-order valence-corrected chi connectivity index (χ3v) is 3.05. The molecule has 2 aliphatic rings. The lowest BCUT2D eigenvalue weighted by Crippen LogP contribution is -1.99. The molecule has 2 heterocycles. The number of hydrogen-bond donors (Lipinski definition) is 0. The van der Waals surface area contributed by atoms with E-state index in [2.05, 4.69) is 4.99 Å². The van der Waals surface area contributed by atoms with E-state index in [4.69, 9.17) is 0 Å². The number of aliphatic imine (C=N–C) groups is 1. The van der Waals surface area contributed by atoms with Gasteiger partial charge in [0.15, 0.2) is 0 Å². The van der Waals surface area contributed by atoms with Crippen LogP contribution in [0.25, 0.3) is 0 Å². The van der Waals surface area contributed by atoms with E-state index in [1.54, 1.807) is 0 Å². The van der Waals surface area contributed by atoms with E-state index < -0.39 is 0 Å². The zero-order valence-corrected chi connectivity index (χ0v) is 7.25. The molecule has 0 aromatic carbocycles. The standard InChI is InChI=1S/C7H9NS.ClH/c1-3-8-5-7-6(1)2-4-9-7;/h3,5-6H,1-2,4H2;1H. The highest BCUT2D eigenvalue weighted by atomic mass is 35.5. The Labute approximate surface area is 71.4 Å². The molecule has 1 atom stereocenters. The summed E-state index contributed by atoms with van der Waals surface area (Å²) in [6.45, 7) is 0. The van der Waals surface area contributed by atoms with Crippen molar-refractivity contribution >= 4 is 30.4 Å². The predicted octanol–water partition coefficient (Wildman–Crippen LogP) is 2.48. The molecule has 0 amide bonds. The monoisotopic (exact) mass is 175 g/mol. The summed E-state index contributed by atoms with van der Waals surface area (Å²) in [5.74, 6) is 2.15. The van der Waals surface area contributed by atoms with Crippen molar-refractivity contribution in [2.24, 2.45) is 10.9 Å². The van der Waals surface area contributed by atoms with Crippen LogP contribution in [0.2, 0.25) is 0 Å². The van der Waals surface area contributed by atoms with Crippen LogP contribution in [-0.2, 0) is 0 Å². The fraction of sp³-hybridized carbons (Fsp3) is 0.571. The van der Waals surface area contributed by atoms with Gasteiger partial charge >= 0.3 is 0 Å². The van der Waals surface area contributed by atoms with Crippen LogP contribution >= 0.6 is 24.2 Å². The van der Waals surface area contributed by atoms with E-state index in [1.165, 1.54) is 23.5 Å². The van der Waals surface area contributed by atoms with Crippen molar-refractivity contribution in [1.82, 2.24) is 0 Å². The predicted molar refractivity (Wildman–Crippen MR) is 49.0 cm³/mol. The molecule has 0 aromatic rings. The van der Waals surface area contributed by atoms with Gasteiger partial charge in [0.25, 0.3) is 0 Å². The molecule has 1 unspecified atom stereocenters. The van der Waals surface area contributed by atoms with Crippen LogP contribution in [0.4, 0.5) is 0 Å². The summed E-state index contributed by atoms with van der Waals surface area (Å²) >= 11 is 1.97. The molecule has 3 heteroatoms. The number of hydrogen-bond acceptors (Lipinski definition) is 2. The van der Waals surface area contributed by atoms with Crippen LogP contribution < -0.4 is 0 Å². The molecule has 2 aliphatic heterocycles. The summed E-state index contributed by atoms with van der Waals surface area (Å²) in [4.78, 5) is 5.62. The number of halogens is 1. The molecule has 0 spiro atoms. The summed E-state index contributed by atoms with van der Waals surface area (Å²) in [7, 11) is 0. The Kier molecular flexibility index (Phi) is 2.81. The first-order valence-electron chi connectivity index (χ1n) is 3.31. The van der Waals surface area contributed by atoms with Gasteiger partial charge in [-0.1, -0.05) is 0 Å². The van der Waals surface area contributed by atoms with E-state index in [9.17, 15) is 0 Å². The third kappa shape index (κ3) is 1.38. The van der Waals surface area contributed by atoms with Crippen molar-refractivity contribution in [2.75, 3.05) is 5.75 Å². The van der Waals surface area contributed by atoms with Gasteiger partial charge in [-0.2, -0.15) is 0 Å². The van der Waals surface area contributed by atoms with Gasteiger partial charge in [0.1, 0.15) is 0 Å². The molecule has 10 heavy (non-hydrogen) atoms. The largest absolute Gasteiger partial charge is 0.268 e. The summed E-state index contributed by atoms with van der Waals surface area (Å²) in [5.41, 5.74) is 0. The molecular weight excluding hydrogens is 166 g/mol. The molecule has 0 aliphatic carbocycles. The molecule has 0 aromatic heterocycles. The fourth-order valence-corrected chi connectivity index (χ4v) is 2.49. The van der Waals surface area contributed by atoms with Crippen molar-refractivity contribution in [1.29, 1.82) is 0 Å². The lowest BCUT2D eigenvalue weighted by atomic mass is 10.0. The maximum absolute atomic E-state index is 4.11. The van der Waals surface area contributed by atoms with Crippen LogP contribution in [-0.4, -0.2) is 12.0 Å². The Hall–Kier alpha value is 0.0500. The minimum atomic E-state index is 0. The third-order valence-electron chi connectivity index (χ3n) is 1.83. The Morgan fingerprint density at radius 2 is 2.50 bits per heavy atom. The Morgan fingerprint density at radius 3 is 3.30 bits per heavy atom. The molecule has 56 valence electrons. The molecule has 0 radical (unpaired) electrons. The van der Waals surface area contributed by atoms with Crippen LogP contribution in [0.5, 0.6) is 0 Å². The first-order valence-corrected chi connectivity index (χ1v) is 4.30. The first kappa shape index (κ1) is 8.15. The summed E-state index contributed by atoms with van der Waals surface area (Å²) in [6, 6.07) is 0. The van der Waals surface area contributed by atoms with Crippen LogP contribution in [0.15, 0.2) is 16.1 Å². The van der Waals surface area contributed by atoms with E-state index in [-0.39, 0.29) is 12.4 Å². The molecule has 0 saturated carbocycles. The smallest absolute Gasteiger partial charge is 0.0362 e. The van der Waals surface area contributed by atoms with Gasteiger partial charge in [0.2, 0.25) is 0 Å². The molecule has 0 N–H and O–H groups in total. The first-order chi connectivity index (χ1) is 4.47. The van der Waals surface area contributed by atoms with Crippen molar-refractivity contribution in [3.8, 4) is 0 Å². The number of rotatable bonds is 0. The molecule has 1 fully saturated rings. The van der Waals surface area contributed by atoms with E-state index in [0.717, 1.165) is 5.92 Å². The average molecular weight is 176 g/mol. The van der Waals surface area contributed by atoms with Gasteiger partial charge in [-0.3, -0.25) is 4.99 Å². The van der Waals surface area contributed by atoms with E-state index >= 15 is 0 Å². The maximum Gasteiger partial charge on any atom is 0.0362 e. The van der Waals surface area contributed by atoms with E-state index in [0.29, 0.717) is 0 Å². The fourth-order valence-electron chi connectivity index (χ4n) is 1.27. The minimum absolute atomic E-state index is 0. The van der Waals surface area contributed by atoms with Gasteiger partial charge in [-0.05, 0) is 24.5 Å². The highest BCUT2D eigenvalue weighted by Crippen LogP contribution is 2.38. The number of fused-ring (bicyclic) bond motifs is 1. The highest BCUT2D eigenvalue weighted by Gasteiger charge is 2.21. The zero-order valence-electron chi connectivity index (χ0n) is 5.62. The highest BCUT2D eigenvalue weighted by molar-refractivity contribution is 8.03. The molecular formula is C7H10ClNS. The molecule has 1 nitrogen and oxygen atoms in total. The van der Waals surface area contributed by atoms with Gasteiger partial charge in [0, 0.05) is 17.3 Å². The summed E-state index contributed by atoms with van der Waals surface area (Å²) in [6.07, 6.45) is 6.59. The van der Waals surface area contributed by atoms with Crippen molar-refractivity contribution in [3.63, 3.8) is 0 Å². The molecule has 2 rings (SSSR count). The average Bonchev–Trinajstić information content (AvgIpc) is 2.33. The quantitative estimate of drug-likeness (QED) is 0.551.